The molecular weight excluding hydrogens is 164 g/mol. The number of ether oxygens (including phenoxy) is 1. The van der Waals surface area contributed by atoms with Gasteiger partial charge in [-0.1, -0.05) is 25.1 Å². The van der Waals surface area contributed by atoms with Gasteiger partial charge < -0.3 is 9.84 Å². The first-order chi connectivity index (χ1) is 6.34. The molecule has 0 saturated heterocycles. The van der Waals surface area contributed by atoms with Crippen LogP contribution in [0.25, 0.3) is 0 Å². The van der Waals surface area contributed by atoms with Crippen LogP contribution < -0.4 is 0 Å². The Morgan fingerprint density at radius 1 is 1.23 bits per heavy atom. The highest BCUT2D eigenvalue weighted by Gasteiger charge is 1.98. The highest BCUT2D eigenvalue weighted by Crippen LogP contribution is 2.15. The standard InChI is InChI=1S/C11H16O2/c1-2-8-13-9-7-10-5-3-4-6-11(10)12/h3-6,12H,2,7-9H2,1H3. The molecule has 0 unspecified atom stereocenters. The number of para-hydroxylation sites is 1. The Morgan fingerprint density at radius 3 is 2.69 bits per heavy atom. The summed E-state index contributed by atoms with van der Waals surface area (Å²) in [6.07, 6.45) is 1.83. The second-order valence-corrected chi connectivity index (χ2v) is 2.99. The van der Waals surface area contributed by atoms with Crippen molar-refractivity contribution in [2.45, 2.75) is 19.8 Å². The highest BCUT2D eigenvalue weighted by molar-refractivity contribution is 5.31. The maximum absolute atomic E-state index is 9.41. The maximum atomic E-state index is 9.41. The topological polar surface area (TPSA) is 29.5 Å². The molecule has 0 radical (unpaired) electrons. The molecule has 0 fully saturated rings. The van der Waals surface area contributed by atoms with Crippen molar-refractivity contribution in [3.8, 4) is 5.75 Å². The average molecular weight is 180 g/mol. The molecule has 72 valence electrons. The molecule has 2 nitrogen and oxygen atoms in total. The van der Waals surface area contributed by atoms with E-state index in [2.05, 4.69) is 6.92 Å². The molecule has 0 heterocycles. The molecule has 0 aliphatic carbocycles. The van der Waals surface area contributed by atoms with Crippen LogP contribution in [0.15, 0.2) is 24.3 Å². The number of aromatic hydroxyl groups is 1. The molecule has 0 saturated carbocycles. The Balaban J connectivity index is 2.32. The molecule has 0 aromatic heterocycles. The van der Waals surface area contributed by atoms with Gasteiger partial charge in [-0.15, -0.1) is 0 Å². The van der Waals surface area contributed by atoms with Crippen LogP contribution in [0.3, 0.4) is 0 Å². The van der Waals surface area contributed by atoms with Crippen LogP contribution in [0.1, 0.15) is 18.9 Å². The Labute approximate surface area is 79.2 Å². The minimum absolute atomic E-state index is 0.364. The van der Waals surface area contributed by atoms with Crippen LogP contribution in [-0.2, 0) is 11.2 Å². The summed E-state index contributed by atoms with van der Waals surface area (Å²) >= 11 is 0. The average Bonchev–Trinajstić information content (AvgIpc) is 2.15. The summed E-state index contributed by atoms with van der Waals surface area (Å²) in [5.41, 5.74) is 0.957. The van der Waals surface area contributed by atoms with Gasteiger partial charge in [0.15, 0.2) is 0 Å². The summed E-state index contributed by atoms with van der Waals surface area (Å²) in [6, 6.07) is 7.38. The zero-order valence-electron chi connectivity index (χ0n) is 7.99. The van der Waals surface area contributed by atoms with Gasteiger partial charge >= 0.3 is 0 Å². The summed E-state index contributed by atoms with van der Waals surface area (Å²) in [5.74, 6) is 0.364. The van der Waals surface area contributed by atoms with Gasteiger partial charge in [0.05, 0.1) is 6.61 Å². The van der Waals surface area contributed by atoms with Crippen LogP contribution in [0, 0.1) is 0 Å². The predicted octanol–water partition coefficient (Wildman–Crippen LogP) is 2.36. The SMILES string of the molecule is CCCOCCc1ccccc1O. The van der Waals surface area contributed by atoms with E-state index in [0.29, 0.717) is 12.4 Å². The molecule has 1 aromatic rings. The number of benzene rings is 1. The molecular formula is C11H16O2. The van der Waals surface area contributed by atoms with E-state index in [1.165, 1.54) is 0 Å². The van der Waals surface area contributed by atoms with Crippen LogP contribution in [0.5, 0.6) is 5.75 Å². The molecule has 0 spiro atoms. The quantitative estimate of drug-likeness (QED) is 0.705. The fraction of sp³-hybridized carbons (Fsp3) is 0.455. The second kappa shape index (κ2) is 5.60. The van der Waals surface area contributed by atoms with Crippen molar-refractivity contribution in [3.63, 3.8) is 0 Å². The first-order valence-electron chi connectivity index (χ1n) is 4.69. The lowest BCUT2D eigenvalue weighted by atomic mass is 10.1. The molecule has 0 aliphatic heterocycles. The van der Waals surface area contributed by atoms with E-state index in [0.717, 1.165) is 25.0 Å². The second-order valence-electron chi connectivity index (χ2n) is 2.99. The lowest BCUT2D eigenvalue weighted by Crippen LogP contribution is -1.99. The summed E-state index contributed by atoms with van der Waals surface area (Å²) in [5, 5.41) is 9.41. The number of hydrogen-bond donors (Lipinski definition) is 1. The van der Waals surface area contributed by atoms with Crippen molar-refractivity contribution in [2.24, 2.45) is 0 Å². The monoisotopic (exact) mass is 180 g/mol. The van der Waals surface area contributed by atoms with E-state index in [4.69, 9.17) is 4.74 Å². The molecule has 1 rings (SSSR count). The number of rotatable bonds is 5. The lowest BCUT2D eigenvalue weighted by Gasteiger charge is -2.04. The zero-order valence-corrected chi connectivity index (χ0v) is 7.99. The van der Waals surface area contributed by atoms with Crippen LogP contribution >= 0.6 is 0 Å². The molecule has 2 heteroatoms. The molecule has 0 bridgehead atoms. The van der Waals surface area contributed by atoms with Crippen molar-refractivity contribution in [1.82, 2.24) is 0 Å². The normalized spacial score (nSPS) is 10.2. The van der Waals surface area contributed by atoms with Crippen molar-refractivity contribution in [2.75, 3.05) is 13.2 Å². The van der Waals surface area contributed by atoms with E-state index < -0.39 is 0 Å². The largest absolute Gasteiger partial charge is 0.508 e. The van der Waals surface area contributed by atoms with Crippen molar-refractivity contribution < 1.29 is 9.84 Å². The number of phenols is 1. The van der Waals surface area contributed by atoms with E-state index >= 15 is 0 Å². The van der Waals surface area contributed by atoms with Gasteiger partial charge in [0, 0.05) is 6.61 Å². The Hall–Kier alpha value is -1.02. The number of hydrogen-bond acceptors (Lipinski definition) is 2. The molecule has 13 heavy (non-hydrogen) atoms. The highest BCUT2D eigenvalue weighted by atomic mass is 16.5. The predicted molar refractivity (Wildman–Crippen MR) is 52.9 cm³/mol. The van der Waals surface area contributed by atoms with E-state index in [-0.39, 0.29) is 0 Å². The van der Waals surface area contributed by atoms with E-state index in [9.17, 15) is 5.11 Å². The third-order valence-corrected chi connectivity index (χ3v) is 1.86. The molecule has 0 aliphatic rings. The molecule has 0 atom stereocenters. The van der Waals surface area contributed by atoms with Crippen LogP contribution in [0.4, 0.5) is 0 Å². The zero-order chi connectivity index (χ0) is 9.52. The molecule has 1 N–H and O–H groups in total. The Bertz CT molecular complexity index is 246. The summed E-state index contributed by atoms with van der Waals surface area (Å²) in [4.78, 5) is 0. The van der Waals surface area contributed by atoms with Gasteiger partial charge in [0.1, 0.15) is 5.75 Å². The van der Waals surface area contributed by atoms with Gasteiger partial charge in [-0.25, -0.2) is 0 Å². The smallest absolute Gasteiger partial charge is 0.118 e. The van der Waals surface area contributed by atoms with Crippen molar-refractivity contribution >= 4 is 0 Å². The van der Waals surface area contributed by atoms with Gasteiger partial charge in [-0.05, 0) is 24.5 Å². The molecule has 1 aromatic carbocycles. The summed E-state index contributed by atoms with van der Waals surface area (Å²) in [7, 11) is 0. The summed E-state index contributed by atoms with van der Waals surface area (Å²) in [6.45, 7) is 3.57. The fourth-order valence-electron chi connectivity index (χ4n) is 1.15. The minimum atomic E-state index is 0.364. The third kappa shape index (κ3) is 3.47. The van der Waals surface area contributed by atoms with Gasteiger partial charge in [-0.2, -0.15) is 0 Å². The number of phenolic OH excluding ortho intramolecular Hbond substituents is 1. The Morgan fingerprint density at radius 2 is 2.00 bits per heavy atom. The van der Waals surface area contributed by atoms with Crippen molar-refractivity contribution in [1.29, 1.82) is 0 Å². The van der Waals surface area contributed by atoms with Crippen LogP contribution in [-0.4, -0.2) is 18.3 Å². The lowest BCUT2D eigenvalue weighted by molar-refractivity contribution is 0.137. The maximum Gasteiger partial charge on any atom is 0.118 e. The van der Waals surface area contributed by atoms with Gasteiger partial charge in [-0.3, -0.25) is 0 Å². The van der Waals surface area contributed by atoms with E-state index in [1.54, 1.807) is 6.07 Å². The first-order valence-corrected chi connectivity index (χ1v) is 4.69. The fourth-order valence-corrected chi connectivity index (χ4v) is 1.15. The van der Waals surface area contributed by atoms with Gasteiger partial charge in [0.25, 0.3) is 0 Å². The Kier molecular flexibility index (Phi) is 4.33. The molecule has 0 amide bonds. The van der Waals surface area contributed by atoms with Gasteiger partial charge in [0.2, 0.25) is 0 Å². The third-order valence-electron chi connectivity index (χ3n) is 1.86. The van der Waals surface area contributed by atoms with E-state index in [1.807, 2.05) is 18.2 Å². The first kappa shape index (κ1) is 10.1. The minimum Gasteiger partial charge on any atom is -0.508 e. The van der Waals surface area contributed by atoms with Crippen LogP contribution in [0.2, 0.25) is 0 Å². The summed E-state index contributed by atoms with van der Waals surface area (Å²) < 4.78 is 5.33. The van der Waals surface area contributed by atoms with Crippen molar-refractivity contribution in [3.05, 3.63) is 29.8 Å².